The van der Waals surface area contributed by atoms with Gasteiger partial charge < -0.3 is 4.57 Å². The van der Waals surface area contributed by atoms with Crippen LogP contribution in [0.25, 0.3) is 33.9 Å². The van der Waals surface area contributed by atoms with Gasteiger partial charge in [0, 0.05) is 22.0 Å². The topological polar surface area (TPSA) is 4.93 Å². The van der Waals surface area contributed by atoms with Crippen LogP contribution in [0.4, 0.5) is 0 Å². The molecule has 0 saturated heterocycles. The fraction of sp³-hybridized carbons (Fsp3) is 0.0435. The van der Waals surface area contributed by atoms with Crippen molar-refractivity contribution in [1.29, 1.82) is 0 Å². The summed E-state index contributed by atoms with van der Waals surface area (Å²) in [7, 11) is 0. The van der Waals surface area contributed by atoms with Crippen LogP contribution >= 0.6 is 15.9 Å². The Kier molecular flexibility index (Phi) is 4.53. The molecule has 1 nitrogen and oxygen atoms in total. The second-order valence-corrected chi connectivity index (χ2v) is 6.52. The first-order chi connectivity index (χ1) is 12.4. The van der Waals surface area contributed by atoms with Crippen molar-refractivity contribution in [2.24, 2.45) is 0 Å². The number of rotatable bonds is 4. The first-order valence-corrected chi connectivity index (χ1v) is 9.49. The van der Waals surface area contributed by atoms with Crippen LogP contribution < -0.4 is 0 Å². The average molecular weight is 388 g/mol. The lowest BCUT2D eigenvalue weighted by molar-refractivity contribution is 1.13. The second-order valence-electron chi connectivity index (χ2n) is 5.87. The number of halogens is 1. The van der Waals surface area contributed by atoms with Crippen LogP contribution in [0.5, 0.6) is 0 Å². The lowest BCUT2D eigenvalue weighted by Crippen LogP contribution is -1.97. The summed E-state index contributed by atoms with van der Waals surface area (Å²) in [5, 5.41) is 2.11. The number of benzene rings is 3. The van der Waals surface area contributed by atoms with Gasteiger partial charge in [0.15, 0.2) is 0 Å². The quantitative estimate of drug-likeness (QED) is 0.343. The maximum absolute atomic E-state index is 3.51. The Balaban J connectivity index is 2.13. The largest absolute Gasteiger partial charge is 0.309 e. The van der Waals surface area contributed by atoms with Crippen molar-refractivity contribution in [3.05, 3.63) is 96.6 Å². The Hall–Kier alpha value is -2.58. The number of hydrogen-bond donors (Lipinski definition) is 0. The van der Waals surface area contributed by atoms with Gasteiger partial charge in [-0.2, -0.15) is 0 Å². The predicted octanol–water partition coefficient (Wildman–Crippen LogP) is 6.71. The normalized spacial score (nSPS) is 11.4. The highest BCUT2D eigenvalue weighted by Crippen LogP contribution is 2.37. The van der Waals surface area contributed by atoms with Gasteiger partial charge in [-0.1, -0.05) is 94.8 Å². The zero-order chi connectivity index (χ0) is 17.1. The van der Waals surface area contributed by atoms with Crippen molar-refractivity contribution in [3.63, 3.8) is 0 Å². The van der Waals surface area contributed by atoms with Crippen LogP contribution in [0.1, 0.15) is 5.56 Å². The minimum atomic E-state index is 0.839. The summed E-state index contributed by atoms with van der Waals surface area (Å²) in [5.74, 6) is 0. The fourth-order valence-electron chi connectivity index (χ4n) is 3.32. The molecule has 0 atom stereocenters. The molecule has 122 valence electrons. The molecular formula is C23H18BrN. The maximum atomic E-state index is 3.51. The highest BCUT2D eigenvalue weighted by Gasteiger charge is 2.17. The lowest BCUT2D eigenvalue weighted by atomic mass is 10.0. The number of aromatic nitrogens is 1. The summed E-state index contributed by atoms with van der Waals surface area (Å²) in [6.07, 6.45) is 4.38. The van der Waals surface area contributed by atoms with Gasteiger partial charge in [0.1, 0.15) is 0 Å². The first kappa shape index (κ1) is 15.9. The molecule has 0 N–H and O–H groups in total. The third-order valence-corrected chi connectivity index (χ3v) is 4.72. The standard InChI is InChI=1S/C23H18BrN/c24-17-9-15-21-20-14-7-8-16-22(20)25(19-12-5-2-6-13-19)23(21)18-10-3-1-4-11-18/h1-16H,17H2. The van der Waals surface area contributed by atoms with Crippen molar-refractivity contribution in [2.75, 3.05) is 5.33 Å². The molecule has 0 aliphatic carbocycles. The molecule has 0 bridgehead atoms. The van der Waals surface area contributed by atoms with E-state index in [2.05, 4.69) is 118 Å². The summed E-state index contributed by atoms with van der Waals surface area (Å²) in [4.78, 5) is 0. The number of para-hydroxylation sites is 2. The molecule has 1 aromatic heterocycles. The third kappa shape index (κ3) is 2.94. The zero-order valence-electron chi connectivity index (χ0n) is 13.8. The Morgan fingerprint density at radius 3 is 2.12 bits per heavy atom. The number of allylic oxidation sites excluding steroid dienone is 1. The second kappa shape index (κ2) is 7.12. The summed E-state index contributed by atoms with van der Waals surface area (Å²) in [6.45, 7) is 0. The maximum Gasteiger partial charge on any atom is 0.0613 e. The first-order valence-electron chi connectivity index (χ1n) is 8.37. The molecule has 0 fully saturated rings. The molecule has 4 aromatic rings. The highest BCUT2D eigenvalue weighted by molar-refractivity contribution is 9.09. The van der Waals surface area contributed by atoms with Crippen molar-refractivity contribution >= 4 is 32.9 Å². The van der Waals surface area contributed by atoms with Crippen molar-refractivity contribution in [2.45, 2.75) is 0 Å². The van der Waals surface area contributed by atoms with E-state index in [0.717, 1.165) is 5.33 Å². The fourth-order valence-corrected chi connectivity index (χ4v) is 3.51. The summed E-state index contributed by atoms with van der Waals surface area (Å²) >= 11 is 3.51. The van der Waals surface area contributed by atoms with Crippen LogP contribution in [0.15, 0.2) is 91.0 Å². The molecule has 25 heavy (non-hydrogen) atoms. The monoisotopic (exact) mass is 387 g/mol. The molecule has 0 spiro atoms. The molecule has 0 unspecified atom stereocenters. The summed E-state index contributed by atoms with van der Waals surface area (Å²) in [6, 6.07) is 29.8. The Labute approximate surface area is 156 Å². The molecular weight excluding hydrogens is 370 g/mol. The summed E-state index contributed by atoms with van der Waals surface area (Å²) in [5.41, 5.74) is 6.10. The molecule has 0 amide bonds. The van der Waals surface area contributed by atoms with Crippen LogP contribution in [0.3, 0.4) is 0 Å². The molecule has 2 heteroatoms. The van der Waals surface area contributed by atoms with Crippen molar-refractivity contribution in [1.82, 2.24) is 4.57 Å². The molecule has 0 aliphatic rings. The molecule has 4 rings (SSSR count). The van der Waals surface area contributed by atoms with E-state index in [1.165, 1.54) is 33.4 Å². The van der Waals surface area contributed by atoms with E-state index in [0.29, 0.717) is 0 Å². The Bertz CT molecular complexity index is 1010. The van der Waals surface area contributed by atoms with Gasteiger partial charge in [0.25, 0.3) is 0 Å². The molecule has 3 aromatic carbocycles. The van der Waals surface area contributed by atoms with Crippen LogP contribution in [0, 0.1) is 0 Å². The smallest absolute Gasteiger partial charge is 0.0613 e. The SMILES string of the molecule is BrCC=Cc1c(-c2ccccc2)n(-c2ccccc2)c2ccccc12. The van der Waals surface area contributed by atoms with Gasteiger partial charge in [-0.05, 0) is 23.8 Å². The minimum Gasteiger partial charge on any atom is -0.309 e. The van der Waals surface area contributed by atoms with E-state index in [1.807, 2.05) is 0 Å². The summed E-state index contributed by atoms with van der Waals surface area (Å²) < 4.78 is 2.36. The van der Waals surface area contributed by atoms with Gasteiger partial charge in [-0.15, -0.1) is 0 Å². The molecule has 1 heterocycles. The Morgan fingerprint density at radius 1 is 0.760 bits per heavy atom. The lowest BCUT2D eigenvalue weighted by Gasteiger charge is -2.12. The van der Waals surface area contributed by atoms with Crippen LogP contribution in [-0.2, 0) is 0 Å². The van der Waals surface area contributed by atoms with Crippen molar-refractivity contribution < 1.29 is 0 Å². The number of hydrogen-bond acceptors (Lipinski definition) is 0. The highest BCUT2D eigenvalue weighted by atomic mass is 79.9. The zero-order valence-corrected chi connectivity index (χ0v) is 15.4. The number of nitrogens with zero attached hydrogens (tertiary/aromatic N) is 1. The third-order valence-electron chi connectivity index (χ3n) is 4.35. The predicted molar refractivity (Wildman–Crippen MR) is 112 cm³/mol. The van der Waals surface area contributed by atoms with E-state index < -0.39 is 0 Å². The average Bonchev–Trinajstić information content (AvgIpc) is 3.02. The molecule has 0 aliphatic heterocycles. The molecule has 0 radical (unpaired) electrons. The number of fused-ring (bicyclic) bond motifs is 1. The van der Waals surface area contributed by atoms with Crippen LogP contribution in [-0.4, -0.2) is 9.90 Å². The van der Waals surface area contributed by atoms with Gasteiger partial charge in [0.05, 0.1) is 11.2 Å². The van der Waals surface area contributed by atoms with E-state index in [1.54, 1.807) is 0 Å². The van der Waals surface area contributed by atoms with Crippen LogP contribution in [0.2, 0.25) is 0 Å². The Morgan fingerprint density at radius 2 is 1.40 bits per heavy atom. The minimum absolute atomic E-state index is 0.839. The van der Waals surface area contributed by atoms with Gasteiger partial charge in [-0.3, -0.25) is 0 Å². The van der Waals surface area contributed by atoms with Gasteiger partial charge in [-0.25, -0.2) is 0 Å². The number of alkyl halides is 1. The van der Waals surface area contributed by atoms with E-state index in [4.69, 9.17) is 0 Å². The van der Waals surface area contributed by atoms with Gasteiger partial charge in [0.2, 0.25) is 0 Å². The molecule has 0 saturated carbocycles. The van der Waals surface area contributed by atoms with Gasteiger partial charge >= 0.3 is 0 Å². The van der Waals surface area contributed by atoms with E-state index in [9.17, 15) is 0 Å². The van der Waals surface area contributed by atoms with E-state index in [-0.39, 0.29) is 0 Å². The van der Waals surface area contributed by atoms with E-state index >= 15 is 0 Å². The van der Waals surface area contributed by atoms with Crippen molar-refractivity contribution in [3.8, 4) is 16.9 Å².